The average molecular weight is 308 g/mol. The molecule has 0 bridgehead atoms. The molecule has 0 unspecified atom stereocenters. The highest BCUT2D eigenvalue weighted by atomic mass is 16.6. The summed E-state index contributed by atoms with van der Waals surface area (Å²) in [6.07, 6.45) is 1.18. The van der Waals surface area contributed by atoms with Crippen molar-refractivity contribution in [2.75, 3.05) is 5.32 Å². The van der Waals surface area contributed by atoms with E-state index in [9.17, 15) is 4.79 Å². The third-order valence-electron chi connectivity index (χ3n) is 4.08. The maximum Gasteiger partial charge on any atom is 0.273 e. The number of para-hydroxylation sites is 1. The second-order valence-electron chi connectivity index (χ2n) is 5.66. The number of rotatable bonds is 4. The fourth-order valence-corrected chi connectivity index (χ4v) is 2.75. The monoisotopic (exact) mass is 308 g/mol. The molecule has 1 aliphatic heterocycles. The third kappa shape index (κ3) is 3.26. The van der Waals surface area contributed by atoms with Crippen molar-refractivity contribution in [3.63, 3.8) is 0 Å². The predicted molar refractivity (Wildman–Crippen MR) is 91.5 cm³/mol. The predicted octanol–water partition coefficient (Wildman–Crippen LogP) is 4.01. The van der Waals surface area contributed by atoms with Gasteiger partial charge in [-0.1, -0.05) is 60.6 Å². The van der Waals surface area contributed by atoms with E-state index in [1.54, 1.807) is 0 Å². The highest BCUT2D eigenvalue weighted by Gasteiger charge is 2.27. The van der Waals surface area contributed by atoms with Crippen LogP contribution >= 0.6 is 0 Å². The number of nitrogens with one attached hydrogen (secondary N) is 1. The molecule has 1 atom stereocenters. The Balaban J connectivity index is 1.71. The van der Waals surface area contributed by atoms with Crippen LogP contribution in [0.5, 0.6) is 0 Å². The van der Waals surface area contributed by atoms with Crippen LogP contribution in [0.1, 0.15) is 36.1 Å². The number of oxime groups is 1. The van der Waals surface area contributed by atoms with Gasteiger partial charge in [0.2, 0.25) is 0 Å². The molecule has 118 valence electrons. The number of benzene rings is 2. The first-order valence-corrected chi connectivity index (χ1v) is 7.86. The van der Waals surface area contributed by atoms with Gasteiger partial charge in [-0.3, -0.25) is 4.79 Å². The lowest BCUT2D eigenvalue weighted by atomic mass is 10.0. The van der Waals surface area contributed by atoms with Crippen LogP contribution in [-0.2, 0) is 16.1 Å². The molecule has 0 aliphatic carbocycles. The van der Waals surface area contributed by atoms with E-state index in [-0.39, 0.29) is 12.0 Å². The summed E-state index contributed by atoms with van der Waals surface area (Å²) >= 11 is 0. The summed E-state index contributed by atoms with van der Waals surface area (Å²) in [5, 5.41) is 6.97. The van der Waals surface area contributed by atoms with Crippen LogP contribution in [-0.4, -0.2) is 11.6 Å². The number of aryl methyl sites for hydroxylation is 2. The normalized spacial score (nSPS) is 16.6. The molecule has 0 aromatic heterocycles. The Morgan fingerprint density at radius 1 is 1.22 bits per heavy atom. The molecular formula is C19H20N2O2. The van der Waals surface area contributed by atoms with Crippen LogP contribution in [0.25, 0.3) is 0 Å². The summed E-state index contributed by atoms with van der Waals surface area (Å²) in [5.74, 6) is -0.188. The van der Waals surface area contributed by atoms with Crippen molar-refractivity contribution in [1.82, 2.24) is 0 Å². The molecule has 0 fully saturated rings. The molecule has 1 amide bonds. The van der Waals surface area contributed by atoms with Crippen molar-refractivity contribution in [2.24, 2.45) is 5.16 Å². The largest absolute Gasteiger partial charge is 0.387 e. The Labute approximate surface area is 136 Å². The van der Waals surface area contributed by atoms with E-state index in [0.717, 1.165) is 28.8 Å². The van der Waals surface area contributed by atoms with Gasteiger partial charge in [0.1, 0.15) is 5.71 Å². The summed E-state index contributed by atoms with van der Waals surface area (Å²) in [4.78, 5) is 17.9. The van der Waals surface area contributed by atoms with Gasteiger partial charge >= 0.3 is 0 Å². The van der Waals surface area contributed by atoms with Crippen molar-refractivity contribution in [3.8, 4) is 0 Å². The summed E-state index contributed by atoms with van der Waals surface area (Å²) < 4.78 is 0. The lowest BCUT2D eigenvalue weighted by Gasteiger charge is -2.12. The molecule has 0 saturated carbocycles. The van der Waals surface area contributed by atoms with E-state index >= 15 is 0 Å². The van der Waals surface area contributed by atoms with Crippen LogP contribution in [0.3, 0.4) is 0 Å². The summed E-state index contributed by atoms with van der Waals surface area (Å²) in [7, 11) is 0. The lowest BCUT2D eigenvalue weighted by Crippen LogP contribution is -2.23. The van der Waals surface area contributed by atoms with Crippen LogP contribution in [0, 0.1) is 6.92 Å². The van der Waals surface area contributed by atoms with Crippen LogP contribution in [0.2, 0.25) is 0 Å². The number of hydrogen-bond acceptors (Lipinski definition) is 3. The minimum Gasteiger partial charge on any atom is -0.387 e. The van der Waals surface area contributed by atoms with Crippen molar-refractivity contribution in [2.45, 2.75) is 32.8 Å². The van der Waals surface area contributed by atoms with Gasteiger partial charge in [0.05, 0.1) is 0 Å². The van der Waals surface area contributed by atoms with E-state index in [0.29, 0.717) is 12.1 Å². The summed E-state index contributed by atoms with van der Waals surface area (Å²) in [5.41, 5.74) is 4.52. The number of carbonyl (C=O) groups is 1. The second kappa shape index (κ2) is 6.65. The Hall–Kier alpha value is -2.62. The average Bonchev–Trinajstić information content (AvgIpc) is 3.07. The number of carbonyl (C=O) groups excluding carboxylic acids is 1. The lowest BCUT2D eigenvalue weighted by molar-refractivity contribution is -0.110. The topological polar surface area (TPSA) is 50.7 Å². The number of nitrogens with zero attached hydrogens (tertiary/aromatic N) is 1. The Kier molecular flexibility index (Phi) is 4.42. The molecule has 0 radical (unpaired) electrons. The van der Waals surface area contributed by atoms with Gasteiger partial charge < -0.3 is 10.2 Å². The van der Waals surface area contributed by atoms with Gasteiger partial charge in [-0.05, 0) is 30.0 Å². The minimum atomic E-state index is -0.188. The van der Waals surface area contributed by atoms with Crippen molar-refractivity contribution in [3.05, 3.63) is 65.2 Å². The van der Waals surface area contributed by atoms with E-state index in [4.69, 9.17) is 4.84 Å². The highest BCUT2D eigenvalue weighted by Crippen LogP contribution is 2.28. The molecule has 1 N–H and O–H groups in total. The van der Waals surface area contributed by atoms with Gasteiger partial charge in [-0.2, -0.15) is 0 Å². The maximum absolute atomic E-state index is 12.5. The molecule has 1 aliphatic rings. The molecule has 1 heterocycles. The molecule has 2 aromatic rings. The quantitative estimate of drug-likeness (QED) is 0.927. The zero-order valence-electron chi connectivity index (χ0n) is 13.4. The van der Waals surface area contributed by atoms with E-state index < -0.39 is 0 Å². The summed E-state index contributed by atoms with van der Waals surface area (Å²) in [6.45, 7) is 4.07. The van der Waals surface area contributed by atoms with Crippen molar-refractivity contribution >= 4 is 17.3 Å². The highest BCUT2D eigenvalue weighted by molar-refractivity contribution is 6.43. The maximum atomic E-state index is 12.5. The zero-order valence-corrected chi connectivity index (χ0v) is 13.4. The van der Waals surface area contributed by atoms with Gasteiger partial charge in [0.15, 0.2) is 6.10 Å². The number of hydrogen-bond donors (Lipinski definition) is 1. The molecule has 2 aromatic carbocycles. The van der Waals surface area contributed by atoms with Gasteiger partial charge in [-0.25, -0.2) is 0 Å². The van der Waals surface area contributed by atoms with Gasteiger partial charge in [0.25, 0.3) is 5.91 Å². The van der Waals surface area contributed by atoms with Crippen molar-refractivity contribution < 1.29 is 9.63 Å². The van der Waals surface area contributed by atoms with Crippen LogP contribution < -0.4 is 5.32 Å². The Morgan fingerprint density at radius 3 is 2.74 bits per heavy atom. The number of anilines is 1. The standard InChI is InChI=1S/C19H20N2O2/c1-3-14-11-7-8-13(2)18(14)20-19(22)16-12-17(23-21-16)15-9-5-4-6-10-15/h4-11,17H,3,12H2,1-2H3,(H,20,22)/t17-/m1/s1. The molecule has 0 saturated heterocycles. The van der Waals surface area contributed by atoms with Gasteiger partial charge in [-0.15, -0.1) is 0 Å². The van der Waals surface area contributed by atoms with E-state index in [1.165, 1.54) is 0 Å². The molecule has 23 heavy (non-hydrogen) atoms. The first kappa shape index (κ1) is 15.3. The second-order valence-corrected chi connectivity index (χ2v) is 5.66. The SMILES string of the molecule is CCc1cccc(C)c1NC(=O)C1=NO[C@@H](c2ccccc2)C1. The fraction of sp³-hybridized carbons (Fsp3) is 0.263. The minimum absolute atomic E-state index is 0.181. The zero-order chi connectivity index (χ0) is 16.2. The molecule has 4 heteroatoms. The fourth-order valence-electron chi connectivity index (χ4n) is 2.75. The first-order valence-electron chi connectivity index (χ1n) is 7.86. The molecule has 4 nitrogen and oxygen atoms in total. The molecular weight excluding hydrogens is 288 g/mol. The van der Waals surface area contributed by atoms with Gasteiger partial charge in [0, 0.05) is 12.1 Å². The van der Waals surface area contributed by atoms with Crippen LogP contribution in [0.4, 0.5) is 5.69 Å². The number of amides is 1. The first-order chi connectivity index (χ1) is 11.2. The summed E-state index contributed by atoms with van der Waals surface area (Å²) in [6, 6.07) is 15.9. The smallest absolute Gasteiger partial charge is 0.273 e. The Morgan fingerprint density at radius 2 is 2.00 bits per heavy atom. The Bertz CT molecular complexity index is 738. The van der Waals surface area contributed by atoms with E-state index in [2.05, 4.69) is 17.4 Å². The molecule has 3 rings (SSSR count). The molecule has 0 spiro atoms. The third-order valence-corrected chi connectivity index (χ3v) is 4.08. The van der Waals surface area contributed by atoms with Crippen LogP contribution in [0.15, 0.2) is 53.7 Å². The van der Waals surface area contributed by atoms with E-state index in [1.807, 2.05) is 55.5 Å². The van der Waals surface area contributed by atoms with Crippen molar-refractivity contribution in [1.29, 1.82) is 0 Å².